The van der Waals surface area contributed by atoms with Crippen molar-refractivity contribution in [2.45, 2.75) is 39.3 Å². The van der Waals surface area contributed by atoms with E-state index in [4.69, 9.17) is 0 Å². The maximum Gasteiger partial charge on any atom is 0.203 e. The first-order valence-corrected chi connectivity index (χ1v) is 6.57. The molecule has 0 saturated heterocycles. The Morgan fingerprint density at radius 3 is 2.89 bits per heavy atom. The van der Waals surface area contributed by atoms with Crippen LogP contribution in [0, 0.1) is 13.8 Å². The Balaban J connectivity index is 1.73. The van der Waals surface area contributed by atoms with E-state index in [9.17, 15) is 0 Å². The zero-order valence-electron chi connectivity index (χ0n) is 11.0. The van der Waals surface area contributed by atoms with Crippen LogP contribution in [0.4, 0.5) is 5.95 Å². The van der Waals surface area contributed by atoms with Crippen molar-refractivity contribution >= 4 is 5.95 Å². The van der Waals surface area contributed by atoms with Crippen LogP contribution >= 0.6 is 0 Å². The van der Waals surface area contributed by atoms with E-state index in [0.717, 1.165) is 18.2 Å². The van der Waals surface area contributed by atoms with Gasteiger partial charge in [-0.05, 0) is 32.3 Å². The van der Waals surface area contributed by atoms with E-state index >= 15 is 0 Å². The van der Waals surface area contributed by atoms with Crippen LogP contribution in [0.25, 0.3) is 0 Å². The van der Waals surface area contributed by atoms with Crippen LogP contribution in [-0.4, -0.2) is 9.55 Å². The minimum Gasteiger partial charge on any atom is -0.352 e. The van der Waals surface area contributed by atoms with E-state index in [1.807, 2.05) is 0 Å². The highest BCUT2D eigenvalue weighted by Gasteiger charge is 2.26. The zero-order valence-corrected chi connectivity index (χ0v) is 11.0. The molecule has 0 spiro atoms. The molecule has 0 amide bonds. The van der Waals surface area contributed by atoms with Gasteiger partial charge in [-0.25, -0.2) is 4.98 Å². The number of anilines is 1. The second kappa shape index (κ2) is 4.48. The molecular weight excluding hydrogens is 222 g/mol. The Morgan fingerprint density at radius 2 is 2.17 bits per heavy atom. The number of hydrogen-bond acceptors (Lipinski definition) is 2. The van der Waals surface area contributed by atoms with Crippen molar-refractivity contribution in [2.75, 3.05) is 5.32 Å². The monoisotopic (exact) mass is 241 g/mol. The summed E-state index contributed by atoms with van der Waals surface area (Å²) in [6, 6.07) is 9.26. The molecule has 0 bridgehead atoms. The Labute approximate surface area is 108 Å². The number of benzene rings is 1. The first kappa shape index (κ1) is 11.3. The smallest absolute Gasteiger partial charge is 0.203 e. The van der Waals surface area contributed by atoms with Crippen LogP contribution in [0.5, 0.6) is 0 Å². The predicted molar refractivity (Wildman–Crippen MR) is 73.7 cm³/mol. The molecule has 1 N–H and O–H groups in total. The number of aromatic nitrogens is 2. The third-order valence-corrected chi connectivity index (χ3v) is 3.33. The molecule has 1 aromatic heterocycles. The highest BCUT2D eigenvalue weighted by molar-refractivity contribution is 5.33. The fourth-order valence-electron chi connectivity index (χ4n) is 2.28. The summed E-state index contributed by atoms with van der Waals surface area (Å²) in [6.07, 6.45) is 4.72. The molecule has 0 unspecified atom stereocenters. The molecule has 3 nitrogen and oxygen atoms in total. The van der Waals surface area contributed by atoms with Crippen molar-refractivity contribution in [3.05, 3.63) is 47.3 Å². The van der Waals surface area contributed by atoms with E-state index in [-0.39, 0.29) is 0 Å². The summed E-state index contributed by atoms with van der Waals surface area (Å²) in [5.41, 5.74) is 3.70. The largest absolute Gasteiger partial charge is 0.352 e. The molecule has 1 fully saturated rings. The maximum atomic E-state index is 4.56. The first-order chi connectivity index (χ1) is 8.72. The fraction of sp³-hybridized carbons (Fsp3) is 0.400. The van der Waals surface area contributed by atoms with Crippen LogP contribution in [0.3, 0.4) is 0 Å². The quantitative estimate of drug-likeness (QED) is 0.888. The van der Waals surface area contributed by atoms with Crippen molar-refractivity contribution in [3.8, 4) is 0 Å². The van der Waals surface area contributed by atoms with Gasteiger partial charge in [0.05, 0.1) is 5.69 Å². The van der Waals surface area contributed by atoms with Gasteiger partial charge in [0.15, 0.2) is 0 Å². The van der Waals surface area contributed by atoms with Gasteiger partial charge in [0.25, 0.3) is 0 Å². The lowest BCUT2D eigenvalue weighted by atomic mass is 10.1. The molecule has 3 rings (SSSR count). The topological polar surface area (TPSA) is 29.9 Å². The summed E-state index contributed by atoms with van der Waals surface area (Å²) < 4.78 is 2.28. The third kappa shape index (κ3) is 2.40. The SMILES string of the molecule is Cc1cccc(CNc2nc(C)cn2C2CC2)c1. The van der Waals surface area contributed by atoms with Crippen LogP contribution in [-0.2, 0) is 6.54 Å². The number of nitrogens with zero attached hydrogens (tertiary/aromatic N) is 2. The van der Waals surface area contributed by atoms with Gasteiger partial charge in [-0.15, -0.1) is 0 Å². The third-order valence-electron chi connectivity index (χ3n) is 3.33. The summed E-state index contributed by atoms with van der Waals surface area (Å²) >= 11 is 0. The minimum atomic E-state index is 0.672. The molecule has 1 aliphatic carbocycles. The Bertz CT molecular complexity index is 553. The summed E-state index contributed by atoms with van der Waals surface area (Å²) in [5.74, 6) is 1.01. The molecule has 18 heavy (non-hydrogen) atoms. The molecule has 3 heteroatoms. The predicted octanol–water partition coefficient (Wildman–Crippen LogP) is 3.45. The first-order valence-electron chi connectivity index (χ1n) is 6.57. The van der Waals surface area contributed by atoms with Crippen LogP contribution in [0.15, 0.2) is 30.5 Å². The Morgan fingerprint density at radius 1 is 1.33 bits per heavy atom. The average molecular weight is 241 g/mol. The fourth-order valence-corrected chi connectivity index (χ4v) is 2.28. The van der Waals surface area contributed by atoms with Crippen LogP contribution < -0.4 is 5.32 Å². The van der Waals surface area contributed by atoms with Crippen LogP contribution in [0.1, 0.15) is 35.7 Å². The Kier molecular flexibility index (Phi) is 2.82. The van der Waals surface area contributed by atoms with Crippen LogP contribution in [0.2, 0.25) is 0 Å². The van der Waals surface area contributed by atoms with E-state index in [0.29, 0.717) is 6.04 Å². The van der Waals surface area contributed by atoms with Gasteiger partial charge < -0.3 is 9.88 Å². The zero-order chi connectivity index (χ0) is 12.5. The van der Waals surface area contributed by atoms with Crippen molar-refractivity contribution in [2.24, 2.45) is 0 Å². The summed E-state index contributed by atoms with van der Waals surface area (Å²) in [7, 11) is 0. The second-order valence-corrected chi connectivity index (χ2v) is 5.19. The summed E-state index contributed by atoms with van der Waals surface area (Å²) in [5, 5.41) is 3.45. The van der Waals surface area contributed by atoms with E-state index in [1.54, 1.807) is 0 Å². The van der Waals surface area contributed by atoms with Gasteiger partial charge in [0.1, 0.15) is 0 Å². The maximum absolute atomic E-state index is 4.56. The molecule has 1 heterocycles. The highest BCUT2D eigenvalue weighted by atomic mass is 15.2. The van der Waals surface area contributed by atoms with E-state index in [1.165, 1.54) is 24.0 Å². The van der Waals surface area contributed by atoms with Crippen molar-refractivity contribution < 1.29 is 0 Å². The second-order valence-electron chi connectivity index (χ2n) is 5.19. The number of rotatable bonds is 4. The lowest BCUT2D eigenvalue weighted by Gasteiger charge is -2.09. The molecule has 1 saturated carbocycles. The molecule has 0 atom stereocenters. The van der Waals surface area contributed by atoms with E-state index < -0.39 is 0 Å². The van der Waals surface area contributed by atoms with Crippen molar-refractivity contribution in [1.82, 2.24) is 9.55 Å². The minimum absolute atomic E-state index is 0.672. The molecule has 1 aromatic carbocycles. The van der Waals surface area contributed by atoms with Crippen molar-refractivity contribution in [1.29, 1.82) is 0 Å². The molecule has 1 aliphatic rings. The van der Waals surface area contributed by atoms with Gasteiger partial charge in [-0.2, -0.15) is 0 Å². The molecule has 94 valence electrons. The van der Waals surface area contributed by atoms with Gasteiger partial charge in [0, 0.05) is 18.8 Å². The molecule has 2 aromatic rings. The van der Waals surface area contributed by atoms with Gasteiger partial charge in [-0.3, -0.25) is 0 Å². The number of nitrogens with one attached hydrogen (secondary N) is 1. The number of imidazole rings is 1. The normalized spacial score (nSPS) is 14.8. The van der Waals surface area contributed by atoms with E-state index in [2.05, 4.69) is 59.2 Å². The number of hydrogen-bond donors (Lipinski definition) is 1. The Hall–Kier alpha value is -1.77. The highest BCUT2D eigenvalue weighted by Crippen LogP contribution is 2.37. The number of aryl methyl sites for hydroxylation is 2. The summed E-state index contributed by atoms with van der Waals surface area (Å²) in [4.78, 5) is 4.56. The molecule has 0 aliphatic heterocycles. The van der Waals surface area contributed by atoms with Gasteiger partial charge >= 0.3 is 0 Å². The average Bonchev–Trinajstić information content (AvgIpc) is 3.11. The van der Waals surface area contributed by atoms with Gasteiger partial charge in [-0.1, -0.05) is 29.8 Å². The lowest BCUT2D eigenvalue weighted by molar-refractivity contribution is 0.742. The standard InChI is InChI=1S/C15H19N3/c1-11-4-3-5-13(8-11)9-16-15-17-12(2)10-18(15)14-6-7-14/h3-5,8,10,14H,6-7,9H2,1-2H3,(H,16,17). The molecule has 0 radical (unpaired) electrons. The van der Waals surface area contributed by atoms with Gasteiger partial charge in [0.2, 0.25) is 5.95 Å². The lowest BCUT2D eigenvalue weighted by Crippen LogP contribution is -2.06. The molecular formula is C15H19N3. The van der Waals surface area contributed by atoms with Crippen molar-refractivity contribution in [3.63, 3.8) is 0 Å². The summed E-state index contributed by atoms with van der Waals surface area (Å²) in [6.45, 7) is 5.01.